The summed E-state index contributed by atoms with van der Waals surface area (Å²) in [6, 6.07) is 12.0. The van der Waals surface area contributed by atoms with E-state index in [2.05, 4.69) is 5.32 Å². The van der Waals surface area contributed by atoms with Crippen molar-refractivity contribution in [3.63, 3.8) is 0 Å². The third-order valence-electron chi connectivity index (χ3n) is 4.60. The number of benzene rings is 2. The van der Waals surface area contributed by atoms with Crippen LogP contribution in [0.5, 0.6) is 0 Å². The first-order chi connectivity index (χ1) is 13.9. The molecule has 1 fully saturated rings. The van der Waals surface area contributed by atoms with Gasteiger partial charge in [-0.25, -0.2) is 9.69 Å². The molecule has 0 unspecified atom stereocenters. The third kappa shape index (κ3) is 4.57. The first-order valence-corrected chi connectivity index (χ1v) is 8.95. The number of ether oxygens (including phenoxy) is 1. The average molecular weight is 397 g/mol. The molecule has 150 valence electrons. The van der Waals surface area contributed by atoms with Gasteiger partial charge in [-0.1, -0.05) is 30.3 Å². The van der Waals surface area contributed by atoms with Gasteiger partial charge in [-0.3, -0.25) is 19.7 Å². The normalized spacial score (nSPS) is 15.8. The lowest BCUT2D eigenvalue weighted by Crippen LogP contribution is -2.45. The maximum Gasteiger partial charge on any atom is 0.417 e. The number of nitro benzene ring substituents is 1. The lowest BCUT2D eigenvalue weighted by atomic mass is 10.1. The predicted octanol–water partition coefficient (Wildman–Crippen LogP) is 3.17. The van der Waals surface area contributed by atoms with Crippen LogP contribution in [0.2, 0.25) is 0 Å². The zero-order chi connectivity index (χ0) is 21.0. The van der Waals surface area contributed by atoms with Crippen LogP contribution in [-0.2, 0) is 20.9 Å². The molecule has 1 aliphatic rings. The van der Waals surface area contributed by atoms with Crippen LogP contribution in [0.15, 0.2) is 48.5 Å². The Hall–Kier alpha value is -3.75. The lowest BCUT2D eigenvalue weighted by molar-refractivity contribution is -0.384. The third-order valence-corrected chi connectivity index (χ3v) is 4.60. The largest absolute Gasteiger partial charge is 0.444 e. The minimum absolute atomic E-state index is 0.0146. The van der Waals surface area contributed by atoms with Crippen molar-refractivity contribution in [3.8, 4) is 0 Å². The number of nitrogens with one attached hydrogen (secondary N) is 1. The molecule has 1 aliphatic heterocycles. The number of amides is 3. The van der Waals surface area contributed by atoms with E-state index in [4.69, 9.17) is 4.74 Å². The smallest absolute Gasteiger partial charge is 0.417 e. The van der Waals surface area contributed by atoms with Gasteiger partial charge in [-0.2, -0.15) is 0 Å². The average Bonchev–Trinajstić information content (AvgIpc) is 3.10. The number of imide groups is 1. The van der Waals surface area contributed by atoms with Gasteiger partial charge in [-0.05, 0) is 30.5 Å². The standard InChI is InChI=1S/C20H19N3O6/c1-13-11-15(23(27)28)7-8-16(13)21-19(25)17-9-10-18(24)22(17)20(26)29-12-14-5-3-2-4-6-14/h2-8,11,17H,9-10,12H2,1H3,(H,21,25)/t17-/m1/s1. The molecule has 0 radical (unpaired) electrons. The summed E-state index contributed by atoms with van der Waals surface area (Å²) >= 11 is 0. The van der Waals surface area contributed by atoms with E-state index in [1.165, 1.54) is 18.2 Å². The van der Waals surface area contributed by atoms with Crippen LogP contribution in [0.4, 0.5) is 16.2 Å². The summed E-state index contributed by atoms with van der Waals surface area (Å²) in [7, 11) is 0. The highest BCUT2D eigenvalue weighted by atomic mass is 16.6. The summed E-state index contributed by atoms with van der Waals surface area (Å²) in [4.78, 5) is 48.4. The molecule has 0 spiro atoms. The minimum atomic E-state index is -1.000. The molecule has 3 amide bonds. The Morgan fingerprint density at radius 3 is 2.62 bits per heavy atom. The Labute approximate surface area is 166 Å². The summed E-state index contributed by atoms with van der Waals surface area (Å²) in [5.74, 6) is -1.03. The zero-order valence-corrected chi connectivity index (χ0v) is 15.7. The Kier molecular flexibility index (Phi) is 5.87. The number of carbonyl (C=O) groups is 3. The Balaban J connectivity index is 1.68. The van der Waals surface area contributed by atoms with Crippen molar-refractivity contribution in [1.29, 1.82) is 0 Å². The highest BCUT2D eigenvalue weighted by Crippen LogP contribution is 2.25. The number of likely N-dealkylation sites (tertiary alicyclic amines) is 1. The highest BCUT2D eigenvalue weighted by Gasteiger charge is 2.41. The van der Waals surface area contributed by atoms with E-state index in [0.717, 1.165) is 10.5 Å². The number of aryl methyl sites for hydroxylation is 1. The summed E-state index contributed by atoms with van der Waals surface area (Å²) < 4.78 is 5.19. The molecular formula is C20H19N3O6. The van der Waals surface area contributed by atoms with Crippen LogP contribution in [-0.4, -0.2) is 33.8 Å². The fraction of sp³-hybridized carbons (Fsp3) is 0.250. The highest BCUT2D eigenvalue weighted by molar-refractivity contribution is 6.05. The fourth-order valence-electron chi connectivity index (χ4n) is 3.07. The quantitative estimate of drug-likeness (QED) is 0.611. The molecule has 2 aromatic rings. The summed E-state index contributed by atoms with van der Waals surface area (Å²) in [6.45, 7) is 1.60. The van der Waals surface area contributed by atoms with E-state index in [-0.39, 0.29) is 25.1 Å². The number of hydrogen-bond donors (Lipinski definition) is 1. The molecule has 0 aromatic heterocycles. The minimum Gasteiger partial charge on any atom is -0.444 e. The van der Waals surface area contributed by atoms with Crippen molar-refractivity contribution in [3.05, 3.63) is 69.8 Å². The van der Waals surface area contributed by atoms with Crippen LogP contribution >= 0.6 is 0 Å². The van der Waals surface area contributed by atoms with Crippen LogP contribution in [0, 0.1) is 17.0 Å². The molecule has 0 saturated carbocycles. The van der Waals surface area contributed by atoms with Gasteiger partial charge in [0, 0.05) is 24.2 Å². The van der Waals surface area contributed by atoms with E-state index >= 15 is 0 Å². The van der Waals surface area contributed by atoms with E-state index in [1.807, 2.05) is 6.07 Å². The summed E-state index contributed by atoms with van der Waals surface area (Å²) in [5, 5.41) is 13.5. The van der Waals surface area contributed by atoms with Gasteiger partial charge < -0.3 is 10.1 Å². The Morgan fingerprint density at radius 1 is 1.24 bits per heavy atom. The monoisotopic (exact) mass is 397 g/mol. The van der Waals surface area contributed by atoms with Crippen molar-refractivity contribution in [2.75, 3.05) is 5.32 Å². The van der Waals surface area contributed by atoms with Gasteiger partial charge >= 0.3 is 6.09 Å². The number of nitro groups is 1. The fourth-order valence-corrected chi connectivity index (χ4v) is 3.07. The summed E-state index contributed by atoms with van der Waals surface area (Å²) in [5.41, 5.74) is 1.53. The van der Waals surface area contributed by atoms with Gasteiger partial charge in [0.25, 0.3) is 5.69 Å². The summed E-state index contributed by atoms with van der Waals surface area (Å²) in [6.07, 6.45) is -0.647. The first-order valence-electron chi connectivity index (χ1n) is 8.95. The SMILES string of the molecule is Cc1cc([N+](=O)[O-])ccc1NC(=O)[C@H]1CCC(=O)N1C(=O)OCc1ccccc1. The lowest BCUT2D eigenvalue weighted by Gasteiger charge is -2.22. The second kappa shape index (κ2) is 8.51. The molecule has 9 nitrogen and oxygen atoms in total. The maximum atomic E-state index is 12.7. The molecular weight excluding hydrogens is 378 g/mol. The van der Waals surface area contributed by atoms with Gasteiger partial charge in [0.15, 0.2) is 0 Å². The van der Waals surface area contributed by atoms with E-state index in [0.29, 0.717) is 11.3 Å². The molecule has 2 aromatic carbocycles. The zero-order valence-electron chi connectivity index (χ0n) is 15.7. The molecule has 9 heteroatoms. The van der Waals surface area contributed by atoms with Crippen LogP contribution < -0.4 is 5.32 Å². The Morgan fingerprint density at radius 2 is 1.97 bits per heavy atom. The molecule has 1 saturated heterocycles. The predicted molar refractivity (Wildman–Crippen MR) is 103 cm³/mol. The van der Waals surface area contributed by atoms with Crippen molar-refractivity contribution >= 4 is 29.3 Å². The van der Waals surface area contributed by atoms with Crippen molar-refractivity contribution in [2.24, 2.45) is 0 Å². The van der Waals surface area contributed by atoms with Gasteiger partial charge in [0.05, 0.1) is 4.92 Å². The number of hydrogen-bond acceptors (Lipinski definition) is 6. The van der Waals surface area contributed by atoms with Crippen molar-refractivity contribution in [1.82, 2.24) is 4.90 Å². The van der Waals surface area contributed by atoms with E-state index < -0.39 is 28.9 Å². The molecule has 1 heterocycles. The van der Waals surface area contributed by atoms with E-state index in [9.17, 15) is 24.5 Å². The van der Waals surface area contributed by atoms with Gasteiger partial charge in [-0.15, -0.1) is 0 Å². The van der Waals surface area contributed by atoms with Crippen molar-refractivity contribution in [2.45, 2.75) is 32.4 Å². The number of carbonyl (C=O) groups excluding carboxylic acids is 3. The van der Waals surface area contributed by atoms with E-state index in [1.54, 1.807) is 31.2 Å². The molecule has 1 N–H and O–H groups in total. The van der Waals surface area contributed by atoms with Crippen LogP contribution in [0.25, 0.3) is 0 Å². The number of rotatable bonds is 5. The second-order valence-corrected chi connectivity index (χ2v) is 6.60. The molecule has 29 heavy (non-hydrogen) atoms. The maximum absolute atomic E-state index is 12.7. The first kappa shape index (κ1) is 20.0. The van der Waals surface area contributed by atoms with Gasteiger partial charge in [0.1, 0.15) is 12.6 Å². The number of nitrogens with zero attached hydrogens (tertiary/aromatic N) is 2. The number of anilines is 1. The molecule has 0 aliphatic carbocycles. The van der Waals surface area contributed by atoms with Gasteiger partial charge in [0.2, 0.25) is 11.8 Å². The van der Waals surface area contributed by atoms with Crippen molar-refractivity contribution < 1.29 is 24.0 Å². The molecule has 0 bridgehead atoms. The second-order valence-electron chi connectivity index (χ2n) is 6.60. The topological polar surface area (TPSA) is 119 Å². The van der Waals surface area contributed by atoms with Crippen LogP contribution in [0.3, 0.4) is 0 Å². The van der Waals surface area contributed by atoms with Crippen LogP contribution in [0.1, 0.15) is 24.0 Å². The Bertz CT molecular complexity index is 960. The number of non-ortho nitro benzene ring substituents is 1. The molecule has 3 rings (SSSR count). The molecule has 1 atom stereocenters.